The first kappa shape index (κ1) is 21.1. The maximum absolute atomic E-state index is 13.0. The Labute approximate surface area is 191 Å². The highest BCUT2D eigenvalue weighted by atomic mass is 16.2. The molecule has 0 unspecified atom stereocenters. The summed E-state index contributed by atoms with van der Waals surface area (Å²) < 4.78 is 4.03. The Morgan fingerprint density at radius 1 is 1.06 bits per heavy atom. The molecule has 1 amide bonds. The van der Waals surface area contributed by atoms with Gasteiger partial charge in [0.2, 0.25) is 5.43 Å². The minimum atomic E-state index is -0.436. The molecule has 1 N–H and O–H groups in total. The second-order valence-electron chi connectivity index (χ2n) is 8.42. The molecule has 0 saturated heterocycles. The number of nitrogens with zero attached hydrogens (tertiary/aromatic N) is 5. The maximum atomic E-state index is 13.0. The summed E-state index contributed by atoms with van der Waals surface area (Å²) in [5.74, 6) is 1.45. The molecule has 33 heavy (non-hydrogen) atoms. The summed E-state index contributed by atoms with van der Waals surface area (Å²) >= 11 is 0. The van der Waals surface area contributed by atoms with Gasteiger partial charge in [-0.05, 0) is 63.1 Å². The molecule has 4 aromatic rings. The predicted octanol–water partition coefficient (Wildman–Crippen LogP) is 3.96. The lowest BCUT2D eigenvalue weighted by atomic mass is 10.1. The Hall–Kier alpha value is -3.81. The van der Waals surface area contributed by atoms with E-state index < -0.39 is 5.91 Å². The second-order valence-corrected chi connectivity index (χ2v) is 8.42. The van der Waals surface area contributed by atoms with Gasteiger partial charge in [-0.15, -0.1) is 10.2 Å². The summed E-state index contributed by atoms with van der Waals surface area (Å²) in [6.45, 7) is 5.37. The van der Waals surface area contributed by atoms with Crippen molar-refractivity contribution in [1.29, 1.82) is 0 Å². The molecule has 0 aliphatic carbocycles. The van der Waals surface area contributed by atoms with Gasteiger partial charge in [0, 0.05) is 42.7 Å². The Kier molecular flexibility index (Phi) is 5.50. The quantitative estimate of drug-likeness (QED) is 0.516. The molecule has 8 heteroatoms. The highest BCUT2D eigenvalue weighted by Crippen LogP contribution is 2.24. The minimum absolute atomic E-state index is 0.0989. The van der Waals surface area contributed by atoms with Crippen LogP contribution >= 0.6 is 0 Å². The number of aromatic nitrogens is 5. The van der Waals surface area contributed by atoms with Gasteiger partial charge in [0.15, 0.2) is 5.82 Å². The third kappa shape index (κ3) is 3.92. The fraction of sp³-hybridized carbons (Fsp3) is 0.320. The van der Waals surface area contributed by atoms with Crippen LogP contribution in [0.15, 0.2) is 47.4 Å². The fourth-order valence-corrected chi connectivity index (χ4v) is 4.36. The van der Waals surface area contributed by atoms with Crippen LogP contribution in [0.2, 0.25) is 0 Å². The molecule has 1 aromatic carbocycles. The number of fused-ring (bicyclic) bond motifs is 2. The first-order chi connectivity index (χ1) is 16.0. The van der Waals surface area contributed by atoms with Gasteiger partial charge in [0.1, 0.15) is 17.0 Å². The van der Waals surface area contributed by atoms with Gasteiger partial charge < -0.3 is 14.5 Å². The average molecular weight is 443 g/mol. The average Bonchev–Trinajstić information content (AvgIpc) is 3.07. The normalized spacial score (nSPS) is 13.5. The topological polar surface area (TPSA) is 94.7 Å². The van der Waals surface area contributed by atoms with Crippen molar-refractivity contribution < 1.29 is 4.79 Å². The van der Waals surface area contributed by atoms with Gasteiger partial charge >= 0.3 is 0 Å². The number of rotatable bonds is 4. The first-order valence-corrected chi connectivity index (χ1v) is 11.4. The summed E-state index contributed by atoms with van der Waals surface area (Å²) in [7, 11) is 0. The van der Waals surface area contributed by atoms with E-state index >= 15 is 0 Å². The highest BCUT2D eigenvalue weighted by Gasteiger charge is 2.18. The number of anilines is 1. The number of nitrogens with one attached hydrogen (secondary N) is 1. The van der Waals surface area contributed by atoms with Crippen LogP contribution in [0, 0.1) is 6.92 Å². The number of pyridine rings is 2. The number of hydrogen-bond acceptors (Lipinski definition) is 5. The van der Waals surface area contributed by atoms with Crippen LogP contribution in [-0.4, -0.2) is 30.2 Å². The third-order valence-electron chi connectivity index (χ3n) is 6.16. The molecule has 1 aliphatic heterocycles. The van der Waals surface area contributed by atoms with E-state index in [2.05, 4.69) is 25.1 Å². The summed E-state index contributed by atoms with van der Waals surface area (Å²) in [4.78, 5) is 30.4. The van der Waals surface area contributed by atoms with Gasteiger partial charge in [-0.25, -0.2) is 4.98 Å². The number of carbonyl (C=O) groups is 1. The molecule has 0 atom stereocenters. The molecule has 8 nitrogen and oxygen atoms in total. The predicted molar refractivity (Wildman–Crippen MR) is 127 cm³/mol. The van der Waals surface area contributed by atoms with Gasteiger partial charge in [0.25, 0.3) is 5.91 Å². The fourth-order valence-electron chi connectivity index (χ4n) is 4.36. The summed E-state index contributed by atoms with van der Waals surface area (Å²) in [5.41, 5.74) is 2.77. The van der Waals surface area contributed by atoms with Crippen molar-refractivity contribution in [2.24, 2.45) is 0 Å². The van der Waals surface area contributed by atoms with Gasteiger partial charge in [-0.3, -0.25) is 9.59 Å². The van der Waals surface area contributed by atoms with Crippen molar-refractivity contribution in [3.05, 3.63) is 69.9 Å². The number of carbonyl (C=O) groups excluding carboxylic acids is 1. The maximum Gasteiger partial charge on any atom is 0.261 e. The Morgan fingerprint density at radius 2 is 1.88 bits per heavy atom. The summed E-state index contributed by atoms with van der Waals surface area (Å²) in [6, 6.07) is 11.0. The molecule has 3 aromatic heterocycles. The van der Waals surface area contributed by atoms with Gasteiger partial charge in [-0.2, -0.15) is 0 Å². The van der Waals surface area contributed by atoms with Crippen molar-refractivity contribution >= 4 is 22.6 Å². The molecular formula is C25H26N6O2. The third-order valence-corrected chi connectivity index (χ3v) is 6.16. The molecule has 168 valence electrons. The zero-order chi connectivity index (χ0) is 22.9. The molecule has 1 aliphatic rings. The van der Waals surface area contributed by atoms with Crippen LogP contribution < -0.4 is 10.7 Å². The van der Waals surface area contributed by atoms with Crippen molar-refractivity contribution in [3.8, 4) is 11.4 Å². The van der Waals surface area contributed by atoms with Crippen LogP contribution in [-0.2, 0) is 19.5 Å². The van der Waals surface area contributed by atoms with Crippen molar-refractivity contribution in [1.82, 2.24) is 24.3 Å². The van der Waals surface area contributed by atoms with E-state index in [-0.39, 0.29) is 11.0 Å². The van der Waals surface area contributed by atoms with E-state index in [1.165, 1.54) is 6.42 Å². The molecule has 0 bridgehead atoms. The Balaban J connectivity index is 1.42. The van der Waals surface area contributed by atoms with E-state index in [0.717, 1.165) is 48.7 Å². The minimum Gasteiger partial charge on any atom is -0.332 e. The molecule has 5 rings (SSSR count). The lowest BCUT2D eigenvalue weighted by molar-refractivity contribution is 0.102. The lowest BCUT2D eigenvalue weighted by Gasteiger charge is -2.12. The number of aryl methyl sites for hydroxylation is 3. The number of amides is 1. The highest BCUT2D eigenvalue weighted by molar-refractivity contribution is 6.05. The monoisotopic (exact) mass is 442 g/mol. The number of hydrogen-bond donors (Lipinski definition) is 1. The number of benzene rings is 1. The second kappa shape index (κ2) is 8.61. The van der Waals surface area contributed by atoms with Gasteiger partial charge in [0.05, 0.1) is 5.39 Å². The SMILES string of the molecule is CCn1cc(C(=O)Nc2ccc(-c3nnc4n3CCCCC4)cc2)c(=O)c2ccc(C)nc21. The Morgan fingerprint density at radius 3 is 2.67 bits per heavy atom. The smallest absolute Gasteiger partial charge is 0.261 e. The molecular weight excluding hydrogens is 416 g/mol. The van der Waals surface area contributed by atoms with E-state index in [1.807, 2.05) is 42.7 Å². The largest absolute Gasteiger partial charge is 0.332 e. The van der Waals surface area contributed by atoms with Crippen LogP contribution in [0.4, 0.5) is 5.69 Å². The Bertz CT molecular complexity index is 1400. The molecule has 0 saturated carbocycles. The van der Waals surface area contributed by atoms with Crippen LogP contribution in [0.5, 0.6) is 0 Å². The van der Waals surface area contributed by atoms with Crippen LogP contribution in [0.3, 0.4) is 0 Å². The van der Waals surface area contributed by atoms with Gasteiger partial charge in [-0.1, -0.05) is 6.42 Å². The van der Waals surface area contributed by atoms with Crippen molar-refractivity contribution in [2.45, 2.75) is 52.6 Å². The van der Waals surface area contributed by atoms with Crippen molar-refractivity contribution in [2.75, 3.05) is 5.32 Å². The summed E-state index contributed by atoms with van der Waals surface area (Å²) in [5, 5.41) is 12.0. The molecule has 0 fully saturated rings. The van der Waals surface area contributed by atoms with E-state index in [9.17, 15) is 9.59 Å². The molecule has 0 spiro atoms. The van der Waals surface area contributed by atoms with Crippen LogP contribution in [0.25, 0.3) is 22.4 Å². The van der Waals surface area contributed by atoms with Crippen LogP contribution in [0.1, 0.15) is 48.1 Å². The summed E-state index contributed by atoms with van der Waals surface area (Å²) in [6.07, 6.45) is 6.02. The first-order valence-electron chi connectivity index (χ1n) is 11.4. The lowest BCUT2D eigenvalue weighted by Crippen LogP contribution is -2.24. The zero-order valence-electron chi connectivity index (χ0n) is 18.8. The zero-order valence-corrected chi connectivity index (χ0v) is 18.8. The van der Waals surface area contributed by atoms with E-state index in [0.29, 0.717) is 23.3 Å². The van der Waals surface area contributed by atoms with Crippen molar-refractivity contribution in [3.63, 3.8) is 0 Å². The van der Waals surface area contributed by atoms with E-state index in [4.69, 9.17) is 0 Å². The molecule has 0 radical (unpaired) electrons. The van der Waals surface area contributed by atoms with E-state index in [1.54, 1.807) is 18.3 Å². The standard InChI is InChI=1S/C25H26N6O2/c1-3-30-15-20(22(32)19-13-8-16(2)26-24(19)30)25(33)27-18-11-9-17(10-12-18)23-29-28-21-7-5-4-6-14-31(21)23/h8-13,15H,3-7,14H2,1-2H3,(H,27,33). The molecule has 4 heterocycles.